The lowest BCUT2D eigenvalue weighted by Gasteiger charge is -2.19. The van der Waals surface area contributed by atoms with Crippen molar-refractivity contribution in [2.45, 2.75) is 32.3 Å². The number of hydrogen-bond acceptors (Lipinski definition) is 1. The fourth-order valence-electron chi connectivity index (χ4n) is 4.27. The van der Waals surface area contributed by atoms with Crippen LogP contribution in [0.25, 0.3) is 21.5 Å². The highest BCUT2D eigenvalue weighted by Gasteiger charge is 2.14. The Kier molecular flexibility index (Phi) is 4.26. The van der Waals surface area contributed by atoms with E-state index in [1.54, 1.807) is 5.56 Å². The smallest absolute Gasteiger partial charge is 0.127 e. The van der Waals surface area contributed by atoms with Crippen LogP contribution in [-0.4, -0.2) is 0 Å². The fourth-order valence-corrected chi connectivity index (χ4v) is 4.39. The topological polar surface area (TPSA) is 9.23 Å². The van der Waals surface area contributed by atoms with Crippen LogP contribution in [0.5, 0.6) is 5.75 Å². The Labute approximate surface area is 164 Å². The van der Waals surface area contributed by atoms with Crippen molar-refractivity contribution in [2.75, 3.05) is 0 Å². The Morgan fingerprint density at radius 3 is 2.33 bits per heavy atom. The highest BCUT2D eigenvalue weighted by molar-refractivity contribution is 6.30. The molecule has 134 valence electrons. The molecule has 0 saturated carbocycles. The van der Waals surface area contributed by atoms with Crippen LogP contribution in [0.15, 0.2) is 66.7 Å². The van der Waals surface area contributed by atoms with Gasteiger partial charge in [-0.25, -0.2) is 0 Å². The van der Waals surface area contributed by atoms with Gasteiger partial charge in [0.05, 0.1) is 0 Å². The van der Waals surface area contributed by atoms with Crippen LogP contribution in [0.1, 0.15) is 29.5 Å². The molecule has 0 bridgehead atoms. The highest BCUT2D eigenvalue weighted by Crippen LogP contribution is 2.36. The van der Waals surface area contributed by atoms with Gasteiger partial charge in [-0.1, -0.05) is 60.1 Å². The Morgan fingerprint density at radius 2 is 1.44 bits per heavy atom. The predicted octanol–water partition coefficient (Wildman–Crippen LogP) is 7.10. The van der Waals surface area contributed by atoms with Crippen molar-refractivity contribution >= 4 is 33.1 Å². The van der Waals surface area contributed by atoms with Gasteiger partial charge in [-0.05, 0) is 76.7 Å². The quantitative estimate of drug-likeness (QED) is 0.348. The van der Waals surface area contributed by atoms with Crippen LogP contribution in [0, 0.1) is 0 Å². The Hall–Kier alpha value is -2.51. The van der Waals surface area contributed by atoms with E-state index >= 15 is 0 Å². The van der Waals surface area contributed by atoms with Crippen molar-refractivity contribution in [1.29, 1.82) is 0 Å². The fraction of sp³-hybridized carbons (Fsp3) is 0.200. The Balaban J connectivity index is 1.56. The average Bonchev–Trinajstić information content (AvgIpc) is 2.72. The molecule has 0 N–H and O–H groups in total. The van der Waals surface area contributed by atoms with E-state index in [1.807, 2.05) is 24.3 Å². The molecule has 1 aliphatic carbocycles. The molecule has 4 aromatic carbocycles. The van der Waals surface area contributed by atoms with Crippen molar-refractivity contribution in [1.82, 2.24) is 0 Å². The van der Waals surface area contributed by atoms with Gasteiger partial charge in [0.2, 0.25) is 0 Å². The summed E-state index contributed by atoms with van der Waals surface area (Å²) in [7, 11) is 0. The molecule has 0 fully saturated rings. The first kappa shape index (κ1) is 16.6. The van der Waals surface area contributed by atoms with Gasteiger partial charge < -0.3 is 4.74 Å². The summed E-state index contributed by atoms with van der Waals surface area (Å²) >= 11 is 5.97. The molecule has 27 heavy (non-hydrogen) atoms. The molecule has 0 saturated heterocycles. The molecular formula is C25H21ClO. The molecule has 1 aliphatic rings. The normalized spacial score (nSPS) is 13.7. The van der Waals surface area contributed by atoms with E-state index in [4.69, 9.17) is 16.3 Å². The molecular weight excluding hydrogens is 352 g/mol. The summed E-state index contributed by atoms with van der Waals surface area (Å²) in [5, 5.41) is 5.95. The van der Waals surface area contributed by atoms with E-state index in [1.165, 1.54) is 52.8 Å². The lowest BCUT2D eigenvalue weighted by atomic mass is 9.86. The van der Waals surface area contributed by atoms with Gasteiger partial charge in [-0.15, -0.1) is 0 Å². The molecule has 0 radical (unpaired) electrons. The molecule has 0 aromatic heterocycles. The summed E-state index contributed by atoms with van der Waals surface area (Å²) in [6.45, 7) is 0.540. The van der Waals surface area contributed by atoms with Crippen molar-refractivity contribution < 1.29 is 4.74 Å². The van der Waals surface area contributed by atoms with E-state index in [0.29, 0.717) is 6.61 Å². The number of benzene rings is 4. The van der Waals surface area contributed by atoms with Crippen molar-refractivity contribution in [3.05, 3.63) is 88.4 Å². The van der Waals surface area contributed by atoms with Gasteiger partial charge in [0.1, 0.15) is 12.4 Å². The lowest BCUT2D eigenvalue weighted by molar-refractivity contribution is 0.310. The Bertz CT molecular complexity index is 1130. The molecule has 0 atom stereocenters. The third-order valence-electron chi connectivity index (χ3n) is 5.66. The molecule has 0 amide bonds. The van der Waals surface area contributed by atoms with Crippen molar-refractivity contribution in [3.8, 4) is 5.75 Å². The number of halogens is 1. The molecule has 0 spiro atoms. The largest absolute Gasteiger partial charge is 0.488 e. The summed E-state index contributed by atoms with van der Waals surface area (Å²) in [4.78, 5) is 0. The maximum absolute atomic E-state index is 6.16. The van der Waals surface area contributed by atoms with Gasteiger partial charge in [-0.2, -0.15) is 0 Å². The minimum absolute atomic E-state index is 0.540. The maximum atomic E-state index is 6.16. The van der Waals surface area contributed by atoms with Crippen LogP contribution in [0.3, 0.4) is 0 Å². The molecule has 2 heteroatoms. The van der Waals surface area contributed by atoms with Crippen LogP contribution < -0.4 is 4.74 Å². The van der Waals surface area contributed by atoms with Gasteiger partial charge in [0.15, 0.2) is 0 Å². The molecule has 1 nitrogen and oxygen atoms in total. The molecule has 4 aromatic rings. The summed E-state index contributed by atoms with van der Waals surface area (Å²) in [6.07, 6.45) is 5.03. The van der Waals surface area contributed by atoms with E-state index in [2.05, 4.69) is 42.5 Å². The van der Waals surface area contributed by atoms with Crippen molar-refractivity contribution in [2.24, 2.45) is 0 Å². The first-order valence-electron chi connectivity index (χ1n) is 9.63. The van der Waals surface area contributed by atoms with E-state index in [9.17, 15) is 0 Å². The number of ether oxygens (including phenoxy) is 1. The maximum Gasteiger partial charge on any atom is 0.127 e. The average molecular weight is 373 g/mol. The minimum atomic E-state index is 0.540. The zero-order valence-electron chi connectivity index (χ0n) is 15.2. The number of hydrogen-bond donors (Lipinski definition) is 0. The molecule has 0 unspecified atom stereocenters. The van der Waals surface area contributed by atoms with Gasteiger partial charge in [-0.3, -0.25) is 0 Å². The van der Waals surface area contributed by atoms with E-state index in [0.717, 1.165) is 16.3 Å². The standard InChI is InChI=1S/C25H21ClO/c26-19-11-8-17(9-12-19)16-27-25-7-3-6-21-23-13-10-18-4-1-2-5-20(18)22(23)14-15-24(21)25/h3,6-15H,1-2,4-5,16H2. The van der Waals surface area contributed by atoms with Crippen LogP contribution in [0.2, 0.25) is 5.02 Å². The number of fused-ring (bicyclic) bond motifs is 5. The van der Waals surface area contributed by atoms with Gasteiger partial charge in [0.25, 0.3) is 0 Å². The van der Waals surface area contributed by atoms with Crippen LogP contribution in [-0.2, 0) is 19.4 Å². The summed E-state index contributed by atoms with van der Waals surface area (Å²) in [5.41, 5.74) is 4.20. The van der Waals surface area contributed by atoms with Crippen LogP contribution in [0.4, 0.5) is 0 Å². The Morgan fingerprint density at radius 1 is 0.704 bits per heavy atom. The van der Waals surface area contributed by atoms with Crippen molar-refractivity contribution in [3.63, 3.8) is 0 Å². The molecule has 0 aliphatic heterocycles. The van der Waals surface area contributed by atoms with E-state index < -0.39 is 0 Å². The second kappa shape index (κ2) is 6.90. The third-order valence-corrected chi connectivity index (χ3v) is 5.91. The zero-order chi connectivity index (χ0) is 18.2. The SMILES string of the molecule is Clc1ccc(COc2cccc3c2ccc2c4c(ccc23)CCCC4)cc1. The minimum Gasteiger partial charge on any atom is -0.488 e. The molecule has 0 heterocycles. The monoisotopic (exact) mass is 372 g/mol. The van der Waals surface area contributed by atoms with Gasteiger partial charge >= 0.3 is 0 Å². The summed E-state index contributed by atoms with van der Waals surface area (Å²) in [6, 6.07) is 23.3. The zero-order valence-corrected chi connectivity index (χ0v) is 15.9. The highest BCUT2D eigenvalue weighted by atomic mass is 35.5. The lowest BCUT2D eigenvalue weighted by Crippen LogP contribution is -2.03. The summed E-state index contributed by atoms with van der Waals surface area (Å²) < 4.78 is 6.16. The van der Waals surface area contributed by atoms with Crippen LogP contribution >= 0.6 is 11.6 Å². The molecule has 5 rings (SSSR count). The first-order valence-corrected chi connectivity index (χ1v) is 10.0. The third kappa shape index (κ3) is 3.07. The number of aryl methyl sites for hydroxylation is 2. The summed E-state index contributed by atoms with van der Waals surface area (Å²) in [5.74, 6) is 0.932. The second-order valence-corrected chi connectivity index (χ2v) is 7.77. The first-order chi connectivity index (χ1) is 13.3. The number of rotatable bonds is 3. The predicted molar refractivity (Wildman–Crippen MR) is 114 cm³/mol. The second-order valence-electron chi connectivity index (χ2n) is 7.34. The van der Waals surface area contributed by atoms with Gasteiger partial charge in [0, 0.05) is 10.4 Å². The van der Waals surface area contributed by atoms with E-state index in [-0.39, 0.29) is 0 Å².